The minimum Gasteiger partial charge on any atom is -0.396 e. The maximum Gasteiger partial charge on any atom is 0.251 e. The second kappa shape index (κ2) is 11.9. The van der Waals surface area contributed by atoms with Crippen LogP contribution >= 0.6 is 0 Å². The molecule has 6 nitrogen and oxygen atoms in total. The van der Waals surface area contributed by atoms with Gasteiger partial charge in [-0.15, -0.1) is 0 Å². The van der Waals surface area contributed by atoms with Crippen molar-refractivity contribution in [1.29, 1.82) is 0 Å². The van der Waals surface area contributed by atoms with Crippen molar-refractivity contribution in [2.75, 3.05) is 13.2 Å². The van der Waals surface area contributed by atoms with Gasteiger partial charge in [-0.25, -0.2) is 0 Å². The molecular weight excluding hydrogens is 416 g/mol. The van der Waals surface area contributed by atoms with Crippen molar-refractivity contribution >= 4 is 11.8 Å². The normalized spacial score (nSPS) is 12.6. The summed E-state index contributed by atoms with van der Waals surface area (Å²) in [7, 11) is 0. The van der Waals surface area contributed by atoms with Gasteiger partial charge in [-0.2, -0.15) is 0 Å². The van der Waals surface area contributed by atoms with Gasteiger partial charge in [-0.1, -0.05) is 60.7 Å². The zero-order valence-electron chi connectivity index (χ0n) is 18.7. The fourth-order valence-corrected chi connectivity index (χ4v) is 3.80. The van der Waals surface area contributed by atoms with Crippen LogP contribution in [0.2, 0.25) is 0 Å². The number of hydrogen-bond donors (Lipinski definition) is 4. The Balaban J connectivity index is 1.79. The Hall–Kier alpha value is -3.48. The fourth-order valence-electron chi connectivity index (χ4n) is 3.80. The lowest BCUT2D eigenvalue weighted by Gasteiger charge is -2.20. The largest absolute Gasteiger partial charge is 0.396 e. The van der Waals surface area contributed by atoms with Crippen LogP contribution in [-0.4, -0.2) is 35.2 Å². The molecule has 0 aliphatic heterocycles. The van der Waals surface area contributed by atoms with Crippen molar-refractivity contribution in [2.24, 2.45) is 0 Å². The lowest BCUT2D eigenvalue weighted by atomic mass is 10.0. The molecule has 0 saturated carbocycles. The Morgan fingerprint density at radius 3 is 1.45 bits per heavy atom. The van der Waals surface area contributed by atoms with Crippen LogP contribution in [0.15, 0.2) is 78.9 Å². The molecule has 0 spiro atoms. The van der Waals surface area contributed by atoms with Gasteiger partial charge >= 0.3 is 0 Å². The Bertz CT molecular complexity index is 972. The topological polar surface area (TPSA) is 98.7 Å². The molecule has 0 fully saturated rings. The summed E-state index contributed by atoms with van der Waals surface area (Å²) in [5, 5.41) is 24.8. The van der Waals surface area contributed by atoms with Gasteiger partial charge in [0.25, 0.3) is 11.8 Å². The molecule has 0 aliphatic rings. The molecule has 2 amide bonds. The molecule has 0 heterocycles. The minimum atomic E-state index is -0.339. The summed E-state index contributed by atoms with van der Waals surface area (Å²) < 4.78 is 0. The molecule has 6 heteroatoms. The molecule has 2 unspecified atom stereocenters. The SMILES string of the molecule is Cc1cc(C(=O)NC(CCO)c2ccccc2)cc(C(=O)NC(CCO)c2ccccc2)c1. The predicted octanol–water partition coefficient (Wildman–Crippen LogP) is 3.70. The molecule has 4 N–H and O–H groups in total. The van der Waals surface area contributed by atoms with E-state index in [0.29, 0.717) is 24.0 Å². The number of benzene rings is 3. The Labute approximate surface area is 194 Å². The van der Waals surface area contributed by atoms with Crippen LogP contribution in [0.25, 0.3) is 0 Å². The molecule has 0 aliphatic carbocycles. The van der Waals surface area contributed by atoms with Crippen LogP contribution in [0, 0.1) is 6.92 Å². The molecule has 0 bridgehead atoms. The van der Waals surface area contributed by atoms with Crippen molar-refractivity contribution in [3.8, 4) is 0 Å². The first kappa shape index (κ1) is 24.2. The number of carbonyl (C=O) groups is 2. The highest BCUT2D eigenvalue weighted by Crippen LogP contribution is 2.20. The van der Waals surface area contributed by atoms with Crippen LogP contribution in [0.4, 0.5) is 0 Å². The lowest BCUT2D eigenvalue weighted by molar-refractivity contribution is 0.0928. The van der Waals surface area contributed by atoms with Gasteiger partial charge in [0.15, 0.2) is 0 Å². The van der Waals surface area contributed by atoms with Crippen molar-refractivity contribution in [2.45, 2.75) is 31.8 Å². The monoisotopic (exact) mass is 446 g/mol. The third kappa shape index (κ3) is 6.75. The summed E-state index contributed by atoms with van der Waals surface area (Å²) in [5.41, 5.74) is 3.33. The van der Waals surface area contributed by atoms with E-state index in [1.54, 1.807) is 18.2 Å². The summed E-state index contributed by atoms with van der Waals surface area (Å²) in [4.78, 5) is 26.0. The maximum absolute atomic E-state index is 13.0. The first-order chi connectivity index (χ1) is 16.0. The Kier molecular flexibility index (Phi) is 8.75. The van der Waals surface area contributed by atoms with Gasteiger partial charge in [0.1, 0.15) is 0 Å². The fraction of sp³-hybridized carbons (Fsp3) is 0.259. The van der Waals surface area contributed by atoms with Gasteiger partial charge in [0.2, 0.25) is 0 Å². The van der Waals surface area contributed by atoms with Crippen LogP contribution < -0.4 is 10.6 Å². The standard InChI is InChI=1S/C27H30N2O4/c1-19-16-22(26(32)28-24(12-14-30)20-8-4-2-5-9-20)18-23(17-19)27(33)29-25(13-15-31)21-10-6-3-7-11-21/h2-11,16-18,24-25,30-31H,12-15H2,1H3,(H,28,32)(H,29,33). The lowest BCUT2D eigenvalue weighted by Crippen LogP contribution is -2.31. The van der Waals surface area contributed by atoms with E-state index in [4.69, 9.17) is 0 Å². The summed E-state index contributed by atoms with van der Waals surface area (Å²) in [5.74, 6) is -0.630. The minimum absolute atomic E-state index is 0.0625. The quantitative estimate of drug-likeness (QED) is 0.382. The average molecular weight is 447 g/mol. The van der Waals surface area contributed by atoms with E-state index < -0.39 is 0 Å². The second-order valence-corrected chi connectivity index (χ2v) is 7.99. The summed E-state index contributed by atoms with van der Waals surface area (Å²) in [6, 6.07) is 23.3. The van der Waals surface area contributed by atoms with Gasteiger partial charge in [0.05, 0.1) is 12.1 Å². The number of aliphatic hydroxyl groups is 2. The van der Waals surface area contributed by atoms with Crippen LogP contribution in [0.1, 0.15) is 62.3 Å². The highest BCUT2D eigenvalue weighted by molar-refractivity contribution is 6.00. The van der Waals surface area contributed by atoms with Crippen molar-refractivity contribution in [1.82, 2.24) is 10.6 Å². The predicted molar refractivity (Wildman–Crippen MR) is 128 cm³/mol. The number of hydrogen-bond acceptors (Lipinski definition) is 4. The highest BCUT2D eigenvalue weighted by Gasteiger charge is 2.19. The van der Waals surface area contributed by atoms with Crippen LogP contribution in [0.3, 0.4) is 0 Å². The van der Waals surface area contributed by atoms with E-state index in [9.17, 15) is 19.8 Å². The number of rotatable bonds is 10. The van der Waals surface area contributed by atoms with E-state index in [-0.39, 0.29) is 37.1 Å². The summed E-state index contributed by atoms with van der Waals surface area (Å²) in [6.07, 6.45) is 0.768. The molecule has 3 aromatic carbocycles. The van der Waals surface area contributed by atoms with E-state index in [1.165, 1.54) is 0 Å². The first-order valence-corrected chi connectivity index (χ1v) is 11.1. The zero-order chi connectivity index (χ0) is 23.6. The molecule has 2 atom stereocenters. The second-order valence-electron chi connectivity index (χ2n) is 7.99. The smallest absolute Gasteiger partial charge is 0.251 e. The Morgan fingerprint density at radius 1 is 0.697 bits per heavy atom. The van der Waals surface area contributed by atoms with Gasteiger partial charge in [-0.05, 0) is 54.7 Å². The van der Waals surface area contributed by atoms with E-state index in [0.717, 1.165) is 16.7 Å². The van der Waals surface area contributed by atoms with E-state index in [2.05, 4.69) is 10.6 Å². The van der Waals surface area contributed by atoms with E-state index >= 15 is 0 Å². The number of aryl methyl sites for hydroxylation is 1. The number of amides is 2. The van der Waals surface area contributed by atoms with Gasteiger partial charge in [0, 0.05) is 24.3 Å². The molecule has 172 valence electrons. The maximum atomic E-state index is 13.0. The summed E-state index contributed by atoms with van der Waals surface area (Å²) >= 11 is 0. The van der Waals surface area contributed by atoms with Crippen LogP contribution in [0.5, 0.6) is 0 Å². The zero-order valence-corrected chi connectivity index (χ0v) is 18.7. The molecule has 33 heavy (non-hydrogen) atoms. The highest BCUT2D eigenvalue weighted by atomic mass is 16.3. The number of nitrogens with one attached hydrogen (secondary N) is 2. The molecule has 0 aromatic heterocycles. The van der Waals surface area contributed by atoms with Gasteiger partial charge < -0.3 is 20.8 Å². The molecule has 0 saturated heterocycles. The molecule has 3 aromatic rings. The molecule has 3 rings (SSSR count). The van der Waals surface area contributed by atoms with Crippen molar-refractivity contribution in [3.63, 3.8) is 0 Å². The van der Waals surface area contributed by atoms with E-state index in [1.807, 2.05) is 67.6 Å². The van der Waals surface area contributed by atoms with Gasteiger partial charge in [-0.3, -0.25) is 9.59 Å². The van der Waals surface area contributed by atoms with Crippen LogP contribution in [-0.2, 0) is 0 Å². The van der Waals surface area contributed by atoms with Crippen molar-refractivity contribution < 1.29 is 19.8 Å². The molecule has 0 radical (unpaired) electrons. The third-order valence-corrected chi connectivity index (χ3v) is 5.45. The number of carbonyl (C=O) groups excluding carboxylic acids is 2. The average Bonchev–Trinajstić information content (AvgIpc) is 2.84. The Morgan fingerprint density at radius 2 is 1.09 bits per heavy atom. The molecular formula is C27H30N2O4. The first-order valence-electron chi connectivity index (χ1n) is 11.1. The third-order valence-electron chi connectivity index (χ3n) is 5.45. The summed E-state index contributed by atoms with van der Waals surface area (Å²) in [6.45, 7) is 1.71. The number of aliphatic hydroxyl groups excluding tert-OH is 2. The van der Waals surface area contributed by atoms with Crippen molar-refractivity contribution in [3.05, 3.63) is 107 Å².